The fourth-order valence-corrected chi connectivity index (χ4v) is 3.84. The molecule has 0 amide bonds. The molecule has 1 aliphatic carbocycles. The molecule has 152 valence electrons. The molecule has 0 aromatic heterocycles. The number of halogens is 3. The maximum atomic E-state index is 12.0. The predicted molar refractivity (Wildman–Crippen MR) is 112 cm³/mol. The van der Waals surface area contributed by atoms with E-state index >= 15 is 0 Å². The third-order valence-corrected chi connectivity index (χ3v) is 5.59. The second-order valence-corrected chi connectivity index (χ2v) is 7.64. The first kappa shape index (κ1) is 22.3. The molecule has 0 heterocycles. The van der Waals surface area contributed by atoms with E-state index in [0.29, 0.717) is 6.07 Å². The summed E-state index contributed by atoms with van der Waals surface area (Å²) in [6, 6.07) is 11.1. The first-order valence-corrected chi connectivity index (χ1v) is 10.4. The zero-order valence-electron chi connectivity index (χ0n) is 16.8. The van der Waals surface area contributed by atoms with Gasteiger partial charge in [0.05, 0.1) is 0 Å². The molecule has 0 spiro atoms. The number of benzene rings is 2. The highest BCUT2D eigenvalue weighted by Gasteiger charge is 2.21. The second kappa shape index (κ2) is 11.7. The van der Waals surface area contributed by atoms with E-state index < -0.39 is 17.5 Å². The van der Waals surface area contributed by atoms with Gasteiger partial charge in [0.15, 0.2) is 11.6 Å². The first-order valence-electron chi connectivity index (χ1n) is 10.4. The summed E-state index contributed by atoms with van der Waals surface area (Å²) >= 11 is 0. The van der Waals surface area contributed by atoms with Gasteiger partial charge in [-0.2, -0.15) is 0 Å². The Labute approximate surface area is 167 Å². The lowest BCUT2D eigenvalue weighted by atomic mass is 9.77. The number of hydrogen-bond donors (Lipinski definition) is 0. The smallest absolute Gasteiger partial charge is 0.161 e. The highest BCUT2D eigenvalue weighted by Crippen LogP contribution is 2.37. The summed E-state index contributed by atoms with van der Waals surface area (Å²) in [7, 11) is 0. The molecular weight excluding hydrogens is 357 g/mol. The Morgan fingerprint density at radius 3 is 2.11 bits per heavy atom. The SMILES string of the molecule is C=Cc1ccc(C2CCC(CCCCC)CC2)cc1.Fc1ccc(F)c(F)c1. The van der Waals surface area contributed by atoms with E-state index in [-0.39, 0.29) is 0 Å². The first-order chi connectivity index (χ1) is 13.5. The molecule has 2 aromatic rings. The molecule has 0 atom stereocenters. The molecule has 0 radical (unpaired) electrons. The normalized spacial score (nSPS) is 18.9. The molecule has 28 heavy (non-hydrogen) atoms. The van der Waals surface area contributed by atoms with Crippen molar-refractivity contribution in [2.24, 2.45) is 5.92 Å². The molecule has 0 N–H and O–H groups in total. The highest BCUT2D eigenvalue weighted by atomic mass is 19.2. The minimum absolute atomic E-state index is 0.495. The van der Waals surface area contributed by atoms with Crippen LogP contribution in [0.1, 0.15) is 75.3 Å². The molecule has 0 aliphatic heterocycles. The van der Waals surface area contributed by atoms with Crippen LogP contribution >= 0.6 is 0 Å². The van der Waals surface area contributed by atoms with Crippen molar-refractivity contribution in [2.45, 2.75) is 64.2 Å². The molecule has 0 saturated heterocycles. The zero-order valence-corrected chi connectivity index (χ0v) is 16.8. The van der Waals surface area contributed by atoms with Crippen LogP contribution in [0.25, 0.3) is 6.08 Å². The van der Waals surface area contributed by atoms with Crippen LogP contribution in [0.2, 0.25) is 0 Å². The van der Waals surface area contributed by atoms with E-state index in [4.69, 9.17) is 0 Å². The standard InChI is InChI=1S/C19H28.C6H3F3/c1-3-5-6-7-17-10-14-19(15-11-17)18-12-8-16(4-2)9-13-18;7-4-1-2-5(8)6(9)3-4/h4,8-9,12-13,17,19H,2-3,5-7,10-11,14-15H2,1H3;1-3H. The van der Waals surface area contributed by atoms with Crippen molar-refractivity contribution in [3.05, 3.63) is 77.6 Å². The summed E-state index contributed by atoms with van der Waals surface area (Å²) in [6.07, 6.45) is 13.3. The molecule has 0 unspecified atom stereocenters. The van der Waals surface area contributed by atoms with Gasteiger partial charge in [0.2, 0.25) is 0 Å². The van der Waals surface area contributed by atoms with Crippen LogP contribution in [0.3, 0.4) is 0 Å². The van der Waals surface area contributed by atoms with Gasteiger partial charge in [0, 0.05) is 6.07 Å². The summed E-state index contributed by atoms with van der Waals surface area (Å²) < 4.78 is 35.9. The lowest BCUT2D eigenvalue weighted by Gasteiger charge is -2.29. The quantitative estimate of drug-likeness (QED) is 0.345. The van der Waals surface area contributed by atoms with Gasteiger partial charge in [-0.1, -0.05) is 69.5 Å². The van der Waals surface area contributed by atoms with Crippen LogP contribution in [0, 0.1) is 23.4 Å². The third-order valence-electron chi connectivity index (χ3n) is 5.59. The Bertz CT molecular complexity index is 713. The third kappa shape index (κ3) is 7.18. The lowest BCUT2D eigenvalue weighted by molar-refractivity contribution is 0.303. The van der Waals surface area contributed by atoms with Gasteiger partial charge < -0.3 is 0 Å². The van der Waals surface area contributed by atoms with E-state index in [1.165, 1.54) is 62.5 Å². The summed E-state index contributed by atoms with van der Waals surface area (Å²) in [5.41, 5.74) is 2.77. The van der Waals surface area contributed by atoms with Crippen molar-refractivity contribution in [1.82, 2.24) is 0 Å². The van der Waals surface area contributed by atoms with Crippen molar-refractivity contribution in [1.29, 1.82) is 0 Å². The van der Waals surface area contributed by atoms with Crippen molar-refractivity contribution < 1.29 is 13.2 Å². The molecule has 1 fully saturated rings. The fraction of sp³-hybridized carbons (Fsp3) is 0.440. The summed E-state index contributed by atoms with van der Waals surface area (Å²) in [5.74, 6) is -1.14. The molecule has 0 bridgehead atoms. The number of unbranched alkanes of at least 4 members (excludes halogenated alkanes) is 2. The Morgan fingerprint density at radius 2 is 1.57 bits per heavy atom. The van der Waals surface area contributed by atoms with Gasteiger partial charge in [0.25, 0.3) is 0 Å². The van der Waals surface area contributed by atoms with Gasteiger partial charge in [-0.3, -0.25) is 0 Å². The number of hydrogen-bond acceptors (Lipinski definition) is 0. The van der Waals surface area contributed by atoms with E-state index in [0.717, 1.165) is 24.0 Å². The van der Waals surface area contributed by atoms with E-state index in [9.17, 15) is 13.2 Å². The van der Waals surface area contributed by atoms with Gasteiger partial charge in [-0.15, -0.1) is 0 Å². The molecule has 3 heteroatoms. The zero-order chi connectivity index (χ0) is 20.4. The van der Waals surface area contributed by atoms with Gasteiger partial charge in [0.1, 0.15) is 5.82 Å². The highest BCUT2D eigenvalue weighted by molar-refractivity contribution is 5.47. The van der Waals surface area contributed by atoms with Crippen molar-refractivity contribution in [3.63, 3.8) is 0 Å². The van der Waals surface area contributed by atoms with E-state index in [1.54, 1.807) is 0 Å². The fourth-order valence-electron chi connectivity index (χ4n) is 3.84. The van der Waals surface area contributed by atoms with Crippen LogP contribution in [0.4, 0.5) is 13.2 Å². The van der Waals surface area contributed by atoms with Crippen LogP contribution in [-0.4, -0.2) is 0 Å². The molecule has 2 aromatic carbocycles. The Balaban J connectivity index is 0.000000261. The second-order valence-electron chi connectivity index (χ2n) is 7.64. The van der Waals surface area contributed by atoms with Gasteiger partial charge in [-0.05, 0) is 60.8 Å². The lowest BCUT2D eigenvalue weighted by Crippen LogP contribution is -2.13. The maximum absolute atomic E-state index is 12.0. The Morgan fingerprint density at radius 1 is 0.893 bits per heavy atom. The average Bonchev–Trinajstić information content (AvgIpc) is 2.72. The molecule has 1 saturated carbocycles. The Kier molecular flexibility index (Phi) is 9.33. The summed E-state index contributed by atoms with van der Waals surface area (Å²) in [5, 5.41) is 0. The van der Waals surface area contributed by atoms with E-state index in [1.807, 2.05) is 6.08 Å². The minimum atomic E-state index is -1.16. The summed E-state index contributed by atoms with van der Waals surface area (Å²) in [4.78, 5) is 0. The van der Waals surface area contributed by atoms with Crippen LogP contribution in [0.15, 0.2) is 49.0 Å². The summed E-state index contributed by atoms with van der Waals surface area (Å²) in [6.45, 7) is 6.11. The topological polar surface area (TPSA) is 0 Å². The maximum Gasteiger partial charge on any atom is 0.161 e. The monoisotopic (exact) mass is 388 g/mol. The van der Waals surface area contributed by atoms with Crippen molar-refractivity contribution in [3.8, 4) is 0 Å². The predicted octanol–water partition coefficient (Wildman–Crippen LogP) is 8.29. The van der Waals surface area contributed by atoms with Gasteiger partial charge in [-0.25, -0.2) is 13.2 Å². The van der Waals surface area contributed by atoms with Crippen LogP contribution < -0.4 is 0 Å². The molecule has 1 aliphatic rings. The minimum Gasteiger partial charge on any atom is -0.207 e. The molecule has 0 nitrogen and oxygen atoms in total. The largest absolute Gasteiger partial charge is 0.207 e. The molecule has 3 rings (SSSR count). The van der Waals surface area contributed by atoms with E-state index in [2.05, 4.69) is 37.8 Å². The average molecular weight is 389 g/mol. The van der Waals surface area contributed by atoms with Crippen molar-refractivity contribution >= 4 is 6.08 Å². The molecular formula is C25H31F3. The van der Waals surface area contributed by atoms with Crippen LogP contribution in [-0.2, 0) is 0 Å². The van der Waals surface area contributed by atoms with Gasteiger partial charge >= 0.3 is 0 Å². The Hall–Kier alpha value is -2.03. The number of rotatable bonds is 6. The van der Waals surface area contributed by atoms with Crippen molar-refractivity contribution in [2.75, 3.05) is 0 Å². The van der Waals surface area contributed by atoms with Crippen LogP contribution in [0.5, 0.6) is 0 Å².